The molecule has 0 radical (unpaired) electrons. The fraction of sp³-hybridized carbons (Fsp3) is 0.357. The van der Waals surface area contributed by atoms with Crippen molar-refractivity contribution in [3.63, 3.8) is 0 Å². The van der Waals surface area contributed by atoms with Crippen LogP contribution in [0.4, 0.5) is 0 Å². The van der Waals surface area contributed by atoms with Crippen LogP contribution in [0.5, 0.6) is 0 Å². The van der Waals surface area contributed by atoms with E-state index < -0.39 is 21.3 Å². The van der Waals surface area contributed by atoms with Crippen LogP contribution in [0.25, 0.3) is 16.9 Å². The van der Waals surface area contributed by atoms with Gasteiger partial charge in [-0.05, 0) is 58.2 Å². The van der Waals surface area contributed by atoms with E-state index in [1.807, 2.05) is 11.9 Å². The lowest BCUT2D eigenvalue weighted by Crippen LogP contribution is -2.41. The summed E-state index contributed by atoms with van der Waals surface area (Å²) in [5.41, 5.74) is 0.930. The van der Waals surface area contributed by atoms with Crippen LogP contribution in [0.2, 0.25) is 10.0 Å². The van der Waals surface area contributed by atoms with Gasteiger partial charge in [0.05, 0.1) is 29.6 Å². The molecule has 3 rings (SSSR count). The van der Waals surface area contributed by atoms with Crippen LogP contribution in [-0.4, -0.2) is 74.7 Å². The second-order valence-corrected chi connectivity index (χ2v) is 12.9. The van der Waals surface area contributed by atoms with Crippen LogP contribution < -0.4 is 5.32 Å². The summed E-state index contributed by atoms with van der Waals surface area (Å²) >= 11 is 12.8. The molecule has 0 atom stereocenters. The molecule has 0 saturated carbocycles. The Bertz CT molecular complexity index is 1520. The molecule has 0 aliphatic carbocycles. The molecule has 40 heavy (non-hydrogen) atoms. The Balaban J connectivity index is 0.00000560. The maximum atomic E-state index is 13.3. The first-order valence-electron chi connectivity index (χ1n) is 12.1. The Labute approximate surface area is 252 Å². The van der Waals surface area contributed by atoms with Gasteiger partial charge in [-0.3, -0.25) is 9.69 Å². The zero-order valence-electron chi connectivity index (χ0n) is 23.2. The molecule has 8 nitrogen and oxygen atoms in total. The van der Waals surface area contributed by atoms with E-state index in [4.69, 9.17) is 27.9 Å². The number of rotatable bonds is 8. The number of aromatic nitrogens is 2. The van der Waals surface area contributed by atoms with E-state index >= 15 is 0 Å². The smallest absolute Gasteiger partial charge is 0.273 e. The van der Waals surface area contributed by atoms with Crippen LogP contribution in [0.1, 0.15) is 36.8 Å². The topological polar surface area (TPSA) is 93.5 Å². The van der Waals surface area contributed by atoms with Crippen molar-refractivity contribution < 1.29 is 17.9 Å². The van der Waals surface area contributed by atoms with Gasteiger partial charge in [0.1, 0.15) is 4.90 Å². The molecular formula is C28H33Cl3N4O4S. The van der Waals surface area contributed by atoms with E-state index in [1.54, 1.807) is 70.3 Å². The summed E-state index contributed by atoms with van der Waals surface area (Å²) in [6, 6.07) is 11.8. The number of sulfone groups is 1. The predicted octanol–water partition coefficient (Wildman–Crippen LogP) is 5.13. The largest absolute Gasteiger partial charge is 0.383 e. The van der Waals surface area contributed by atoms with Crippen molar-refractivity contribution in [3.05, 3.63) is 63.8 Å². The van der Waals surface area contributed by atoms with Crippen molar-refractivity contribution in [2.45, 2.75) is 31.2 Å². The highest BCUT2D eigenvalue weighted by atomic mass is 35.5. The lowest BCUT2D eigenvalue weighted by molar-refractivity contribution is 0.0910. The number of halogens is 3. The molecule has 1 heterocycles. The first kappa shape index (κ1) is 33.6. The average molecular weight is 628 g/mol. The Hall–Kier alpha value is -2.58. The van der Waals surface area contributed by atoms with E-state index in [1.165, 1.54) is 4.68 Å². The third-order valence-electron chi connectivity index (χ3n) is 5.47. The van der Waals surface area contributed by atoms with Gasteiger partial charge in [0.15, 0.2) is 15.5 Å². The highest BCUT2D eigenvalue weighted by Crippen LogP contribution is 2.35. The minimum absolute atomic E-state index is 0. The van der Waals surface area contributed by atoms with Gasteiger partial charge in [0.2, 0.25) is 0 Å². The number of likely N-dealkylation sites (N-methyl/N-ethyl adjacent to an activating group) is 1. The summed E-state index contributed by atoms with van der Waals surface area (Å²) in [6.45, 7) is 7.32. The van der Waals surface area contributed by atoms with E-state index in [2.05, 4.69) is 22.3 Å². The lowest BCUT2D eigenvalue weighted by atomic mass is 10.1. The summed E-state index contributed by atoms with van der Waals surface area (Å²) in [5.74, 6) is 5.57. The molecule has 0 aliphatic heterocycles. The van der Waals surface area contributed by atoms with Gasteiger partial charge < -0.3 is 10.1 Å². The van der Waals surface area contributed by atoms with Crippen molar-refractivity contribution in [2.24, 2.45) is 0 Å². The van der Waals surface area contributed by atoms with Crippen LogP contribution in [0.3, 0.4) is 0 Å². The van der Waals surface area contributed by atoms with Crippen molar-refractivity contribution in [2.75, 3.05) is 40.1 Å². The summed E-state index contributed by atoms with van der Waals surface area (Å²) < 4.78 is 32.6. The fourth-order valence-electron chi connectivity index (χ4n) is 3.70. The minimum atomic E-state index is -3.91. The van der Waals surface area contributed by atoms with Gasteiger partial charge in [-0.25, -0.2) is 13.1 Å². The maximum Gasteiger partial charge on any atom is 0.273 e. The molecule has 1 amide bonds. The Kier molecular flexibility index (Phi) is 11.6. The molecule has 0 saturated heterocycles. The van der Waals surface area contributed by atoms with Gasteiger partial charge in [0.25, 0.3) is 5.91 Å². The van der Waals surface area contributed by atoms with Gasteiger partial charge in [-0.1, -0.05) is 47.2 Å². The monoisotopic (exact) mass is 626 g/mol. The summed E-state index contributed by atoms with van der Waals surface area (Å²) in [7, 11) is -0.311. The van der Waals surface area contributed by atoms with Gasteiger partial charge >= 0.3 is 0 Å². The maximum absolute atomic E-state index is 13.3. The number of hydrogen-bond donors (Lipinski definition) is 1. The van der Waals surface area contributed by atoms with E-state index in [0.717, 1.165) is 12.8 Å². The second-order valence-electron chi connectivity index (χ2n) is 10.1. The number of hydrogen-bond acceptors (Lipinski definition) is 6. The van der Waals surface area contributed by atoms with Gasteiger partial charge in [-0.15, -0.1) is 12.4 Å². The first-order valence-corrected chi connectivity index (χ1v) is 14.7. The van der Waals surface area contributed by atoms with Crippen molar-refractivity contribution >= 4 is 51.4 Å². The lowest BCUT2D eigenvalue weighted by Gasteiger charge is -2.19. The molecule has 1 N–H and O–H groups in total. The molecule has 216 valence electrons. The van der Waals surface area contributed by atoms with Crippen LogP contribution in [0, 0.1) is 11.8 Å². The van der Waals surface area contributed by atoms with Crippen LogP contribution >= 0.6 is 35.6 Å². The summed E-state index contributed by atoms with van der Waals surface area (Å²) in [4.78, 5) is 15.1. The standard InChI is InChI=1S/C28H32Cl2N4O4S.ClH/c1-28(2,3)31-27(35)24-26(39(6,36)37)25(20-10-12-21(29)13-11-20)34(32-24)23-14-9-19(18-22(23)30)8-7-15-33(4)16-17-38-5;/h9-14,18H,15-17H2,1-6H3,(H,31,35);1H. The molecule has 0 fully saturated rings. The van der Waals surface area contributed by atoms with Crippen molar-refractivity contribution in [3.8, 4) is 28.8 Å². The fourth-order valence-corrected chi connectivity index (χ4v) is 5.12. The highest BCUT2D eigenvalue weighted by Gasteiger charge is 2.32. The van der Waals surface area contributed by atoms with E-state index in [9.17, 15) is 13.2 Å². The number of carbonyl (C=O) groups is 1. The third kappa shape index (κ3) is 8.71. The molecule has 0 bridgehead atoms. The van der Waals surface area contributed by atoms with Crippen molar-refractivity contribution in [1.29, 1.82) is 0 Å². The van der Waals surface area contributed by atoms with Crippen LogP contribution in [0.15, 0.2) is 47.4 Å². The molecule has 0 unspecified atom stereocenters. The second kappa shape index (κ2) is 13.9. The number of nitrogens with one attached hydrogen (secondary N) is 1. The molecule has 2 aromatic carbocycles. The summed E-state index contributed by atoms with van der Waals surface area (Å²) in [5, 5.41) is 8.06. The van der Waals surface area contributed by atoms with Crippen molar-refractivity contribution in [1.82, 2.24) is 20.0 Å². The SMILES string of the molecule is COCCN(C)CC#Cc1ccc(-n2nc(C(=O)NC(C)(C)C)c(S(C)(=O)=O)c2-c2ccc(Cl)cc2)c(Cl)c1.Cl. The quantitative estimate of drug-likeness (QED) is 0.348. The Morgan fingerprint density at radius 1 is 1.15 bits per heavy atom. The number of ether oxygens (including phenoxy) is 1. The predicted molar refractivity (Wildman–Crippen MR) is 163 cm³/mol. The van der Waals surface area contributed by atoms with Gasteiger partial charge in [-0.2, -0.15) is 5.10 Å². The number of carbonyl (C=O) groups excluding carboxylic acids is 1. The number of benzene rings is 2. The molecular weight excluding hydrogens is 595 g/mol. The number of amides is 1. The molecule has 1 aromatic heterocycles. The van der Waals surface area contributed by atoms with Gasteiger partial charge in [0, 0.05) is 41.6 Å². The zero-order chi connectivity index (χ0) is 29.0. The van der Waals surface area contributed by atoms with E-state index in [-0.39, 0.29) is 33.7 Å². The molecule has 12 heteroatoms. The number of nitrogens with zero attached hydrogens (tertiary/aromatic N) is 3. The summed E-state index contributed by atoms with van der Waals surface area (Å²) in [6.07, 6.45) is 1.05. The number of methoxy groups -OCH3 is 1. The van der Waals surface area contributed by atoms with Crippen LogP contribution in [-0.2, 0) is 14.6 Å². The Morgan fingerprint density at radius 3 is 2.35 bits per heavy atom. The van der Waals surface area contributed by atoms with E-state index in [0.29, 0.717) is 35.0 Å². The highest BCUT2D eigenvalue weighted by molar-refractivity contribution is 7.91. The molecule has 0 spiro atoms. The first-order chi connectivity index (χ1) is 18.2. The normalized spacial score (nSPS) is 11.5. The third-order valence-corrected chi connectivity index (χ3v) is 7.15. The minimum Gasteiger partial charge on any atom is -0.383 e. The molecule has 3 aromatic rings. The zero-order valence-corrected chi connectivity index (χ0v) is 26.4. The molecule has 0 aliphatic rings. The average Bonchev–Trinajstić information content (AvgIpc) is 3.23. The Morgan fingerprint density at radius 2 is 1.80 bits per heavy atom.